The zero-order valence-corrected chi connectivity index (χ0v) is 6.83. The number of halogens is 1. The molecule has 0 aliphatic carbocycles. The lowest BCUT2D eigenvalue weighted by molar-refractivity contribution is 0.179. The third-order valence-corrected chi connectivity index (χ3v) is 1.48. The van der Waals surface area contributed by atoms with Gasteiger partial charge in [-0.05, 0) is 12.1 Å². The minimum Gasteiger partial charge on any atom is -0.383 e. The van der Waals surface area contributed by atoms with E-state index in [2.05, 4.69) is 4.98 Å². The highest BCUT2D eigenvalue weighted by molar-refractivity contribution is 5.09. The van der Waals surface area contributed by atoms with E-state index in [1.54, 1.807) is 13.2 Å². The monoisotopic (exact) mass is 170 g/mol. The van der Waals surface area contributed by atoms with E-state index in [0.717, 1.165) is 6.20 Å². The van der Waals surface area contributed by atoms with E-state index < -0.39 is 0 Å². The zero-order chi connectivity index (χ0) is 8.97. The van der Waals surface area contributed by atoms with Gasteiger partial charge in [-0.1, -0.05) is 0 Å². The maximum absolute atomic E-state index is 12.4. The Morgan fingerprint density at radius 3 is 2.92 bits per heavy atom. The molecule has 66 valence electrons. The second kappa shape index (κ2) is 4.13. The van der Waals surface area contributed by atoms with Crippen LogP contribution in [0.2, 0.25) is 0 Å². The highest BCUT2D eigenvalue weighted by Gasteiger charge is 2.05. The van der Waals surface area contributed by atoms with Crippen LogP contribution in [-0.4, -0.2) is 18.7 Å². The molecule has 1 atom stereocenters. The van der Waals surface area contributed by atoms with Crippen LogP contribution in [0, 0.1) is 5.82 Å². The number of nitrogens with zero attached hydrogens (tertiary/aromatic N) is 1. The fourth-order valence-corrected chi connectivity index (χ4v) is 0.872. The van der Waals surface area contributed by atoms with Crippen LogP contribution in [0.5, 0.6) is 0 Å². The third-order valence-electron chi connectivity index (χ3n) is 1.48. The van der Waals surface area contributed by atoms with Crippen molar-refractivity contribution in [2.24, 2.45) is 5.73 Å². The molecule has 4 heteroatoms. The Labute approximate surface area is 70.4 Å². The number of pyridine rings is 1. The number of ether oxygens (including phenoxy) is 1. The molecule has 0 bridgehead atoms. The Bertz CT molecular complexity index is 237. The number of hydrogen-bond donors (Lipinski definition) is 1. The fraction of sp³-hybridized carbons (Fsp3) is 0.375. The molecule has 0 saturated carbocycles. The molecular weight excluding hydrogens is 159 g/mol. The number of rotatable bonds is 3. The highest BCUT2D eigenvalue weighted by Crippen LogP contribution is 2.06. The first kappa shape index (κ1) is 9.09. The molecule has 0 spiro atoms. The average Bonchev–Trinajstić information content (AvgIpc) is 2.06. The van der Waals surface area contributed by atoms with Crippen molar-refractivity contribution in [3.8, 4) is 0 Å². The van der Waals surface area contributed by atoms with E-state index in [-0.39, 0.29) is 11.9 Å². The minimum atomic E-state index is -0.358. The molecule has 0 saturated heterocycles. The predicted octanol–water partition coefficient (Wildman–Crippen LogP) is 0.867. The summed E-state index contributed by atoms with van der Waals surface area (Å²) >= 11 is 0. The van der Waals surface area contributed by atoms with Gasteiger partial charge in [0.1, 0.15) is 5.82 Å². The van der Waals surface area contributed by atoms with E-state index in [9.17, 15) is 4.39 Å². The summed E-state index contributed by atoms with van der Waals surface area (Å²) in [5.41, 5.74) is 6.28. The largest absolute Gasteiger partial charge is 0.383 e. The van der Waals surface area contributed by atoms with Gasteiger partial charge >= 0.3 is 0 Å². The number of nitrogens with two attached hydrogens (primary N) is 1. The molecule has 0 aliphatic heterocycles. The van der Waals surface area contributed by atoms with Gasteiger partial charge in [-0.15, -0.1) is 0 Å². The maximum atomic E-state index is 12.4. The first-order valence-corrected chi connectivity index (χ1v) is 3.60. The number of methoxy groups -OCH3 is 1. The SMILES string of the molecule is COCC(N)c1ccc(F)cn1. The molecule has 12 heavy (non-hydrogen) atoms. The van der Waals surface area contributed by atoms with Crippen LogP contribution in [0.15, 0.2) is 18.3 Å². The topological polar surface area (TPSA) is 48.1 Å². The second-order valence-electron chi connectivity index (χ2n) is 2.46. The van der Waals surface area contributed by atoms with Gasteiger partial charge in [0.05, 0.1) is 24.5 Å². The zero-order valence-electron chi connectivity index (χ0n) is 6.83. The van der Waals surface area contributed by atoms with Crippen molar-refractivity contribution < 1.29 is 9.13 Å². The smallest absolute Gasteiger partial charge is 0.141 e. The van der Waals surface area contributed by atoms with Crippen molar-refractivity contribution in [1.82, 2.24) is 4.98 Å². The van der Waals surface area contributed by atoms with E-state index in [4.69, 9.17) is 10.5 Å². The summed E-state index contributed by atoms with van der Waals surface area (Å²) in [4.78, 5) is 3.82. The summed E-state index contributed by atoms with van der Waals surface area (Å²) in [6.45, 7) is 0.388. The van der Waals surface area contributed by atoms with Crippen LogP contribution in [0.4, 0.5) is 4.39 Å². The maximum Gasteiger partial charge on any atom is 0.141 e. The summed E-state index contributed by atoms with van der Waals surface area (Å²) in [6, 6.07) is 2.60. The minimum absolute atomic E-state index is 0.282. The summed E-state index contributed by atoms with van der Waals surface area (Å²) in [6.07, 6.45) is 1.14. The van der Waals surface area contributed by atoms with E-state index >= 15 is 0 Å². The molecule has 1 rings (SSSR count). The van der Waals surface area contributed by atoms with E-state index in [1.807, 2.05) is 0 Å². The summed E-state index contributed by atoms with van der Waals surface area (Å²) in [5.74, 6) is -0.358. The van der Waals surface area contributed by atoms with Crippen LogP contribution in [0.3, 0.4) is 0 Å². The number of aromatic nitrogens is 1. The van der Waals surface area contributed by atoms with Crippen molar-refractivity contribution in [1.29, 1.82) is 0 Å². The van der Waals surface area contributed by atoms with Gasteiger partial charge in [-0.25, -0.2) is 4.39 Å². The van der Waals surface area contributed by atoms with E-state index in [1.165, 1.54) is 6.07 Å². The molecule has 0 aliphatic rings. The Hall–Kier alpha value is -1.00. The molecule has 1 heterocycles. The van der Waals surface area contributed by atoms with Crippen LogP contribution in [0.1, 0.15) is 11.7 Å². The van der Waals surface area contributed by atoms with Crippen molar-refractivity contribution in [2.45, 2.75) is 6.04 Å². The standard InChI is InChI=1S/C8H11FN2O/c1-12-5-7(10)8-3-2-6(9)4-11-8/h2-4,7H,5,10H2,1H3. The molecule has 2 N–H and O–H groups in total. The van der Waals surface area contributed by atoms with E-state index in [0.29, 0.717) is 12.3 Å². The van der Waals surface area contributed by atoms with Crippen LogP contribution < -0.4 is 5.73 Å². The summed E-state index contributed by atoms with van der Waals surface area (Å²) in [7, 11) is 1.56. The lowest BCUT2D eigenvalue weighted by atomic mass is 10.2. The second-order valence-corrected chi connectivity index (χ2v) is 2.46. The Kier molecular flexibility index (Phi) is 3.13. The summed E-state index contributed by atoms with van der Waals surface area (Å²) < 4.78 is 17.2. The third kappa shape index (κ3) is 2.25. The fourth-order valence-electron chi connectivity index (χ4n) is 0.872. The Balaban J connectivity index is 2.68. The molecule has 1 unspecified atom stereocenters. The van der Waals surface area contributed by atoms with Crippen molar-refractivity contribution in [3.05, 3.63) is 29.8 Å². The van der Waals surface area contributed by atoms with Crippen LogP contribution in [-0.2, 0) is 4.74 Å². The average molecular weight is 170 g/mol. The first-order valence-electron chi connectivity index (χ1n) is 3.60. The van der Waals surface area contributed by atoms with Gasteiger partial charge in [0.15, 0.2) is 0 Å². The lowest BCUT2D eigenvalue weighted by Crippen LogP contribution is -2.17. The molecule has 0 amide bonds. The highest BCUT2D eigenvalue weighted by atomic mass is 19.1. The summed E-state index contributed by atoms with van der Waals surface area (Å²) in [5, 5.41) is 0. The van der Waals surface area contributed by atoms with Crippen LogP contribution >= 0.6 is 0 Å². The molecule has 0 fully saturated rings. The van der Waals surface area contributed by atoms with Gasteiger partial charge in [0.25, 0.3) is 0 Å². The Morgan fingerprint density at radius 2 is 2.42 bits per heavy atom. The molecule has 0 radical (unpaired) electrons. The predicted molar refractivity (Wildman–Crippen MR) is 43.0 cm³/mol. The van der Waals surface area contributed by atoms with Gasteiger partial charge in [-0.2, -0.15) is 0 Å². The van der Waals surface area contributed by atoms with Gasteiger partial charge in [0.2, 0.25) is 0 Å². The van der Waals surface area contributed by atoms with Gasteiger partial charge in [-0.3, -0.25) is 4.98 Å². The van der Waals surface area contributed by atoms with Crippen molar-refractivity contribution in [3.63, 3.8) is 0 Å². The van der Waals surface area contributed by atoms with Crippen molar-refractivity contribution >= 4 is 0 Å². The Morgan fingerprint density at radius 1 is 1.67 bits per heavy atom. The van der Waals surface area contributed by atoms with Crippen LogP contribution in [0.25, 0.3) is 0 Å². The normalized spacial score (nSPS) is 12.9. The molecule has 1 aromatic rings. The molecular formula is C8H11FN2O. The van der Waals surface area contributed by atoms with Crippen molar-refractivity contribution in [2.75, 3.05) is 13.7 Å². The molecule has 1 aromatic heterocycles. The quantitative estimate of drug-likeness (QED) is 0.732. The molecule has 0 aromatic carbocycles. The number of hydrogen-bond acceptors (Lipinski definition) is 3. The first-order chi connectivity index (χ1) is 5.74. The van der Waals surface area contributed by atoms with Gasteiger partial charge < -0.3 is 10.5 Å². The lowest BCUT2D eigenvalue weighted by Gasteiger charge is -2.08. The molecule has 3 nitrogen and oxygen atoms in total. The van der Waals surface area contributed by atoms with Gasteiger partial charge in [0, 0.05) is 7.11 Å².